The van der Waals surface area contributed by atoms with Gasteiger partial charge < -0.3 is 15.3 Å². The number of piperazine rings is 1. The number of carbonyl (C=O) groups excluding carboxylic acids is 1. The van der Waals surface area contributed by atoms with Gasteiger partial charge in [0, 0.05) is 31.9 Å². The number of nitrogens with one attached hydrogen (secondary N) is 1. The molecule has 1 fully saturated rings. The second-order valence-electron chi connectivity index (χ2n) is 6.48. The molecule has 1 atom stereocenters. The molecule has 1 heterocycles. The summed E-state index contributed by atoms with van der Waals surface area (Å²) in [7, 11) is 0. The van der Waals surface area contributed by atoms with E-state index in [1.807, 2.05) is 49.4 Å². The summed E-state index contributed by atoms with van der Waals surface area (Å²) in [4.78, 5) is 16.8. The molecule has 132 valence electrons. The third kappa shape index (κ3) is 4.73. The second-order valence-corrected chi connectivity index (χ2v) is 6.48. The Kier molecular flexibility index (Phi) is 5.56. The second kappa shape index (κ2) is 8.03. The van der Waals surface area contributed by atoms with Crippen molar-refractivity contribution in [1.29, 1.82) is 0 Å². The number of rotatable bonds is 5. The van der Waals surface area contributed by atoms with Crippen molar-refractivity contribution in [2.24, 2.45) is 0 Å². The maximum Gasteiger partial charge on any atom is 0.234 e. The highest BCUT2D eigenvalue weighted by Crippen LogP contribution is 2.19. The van der Waals surface area contributed by atoms with Gasteiger partial charge in [-0.15, -0.1) is 0 Å². The van der Waals surface area contributed by atoms with E-state index in [-0.39, 0.29) is 17.7 Å². The van der Waals surface area contributed by atoms with E-state index in [1.54, 1.807) is 12.1 Å². The maximum atomic E-state index is 12.3. The van der Waals surface area contributed by atoms with Crippen LogP contribution in [-0.2, 0) is 4.79 Å². The Morgan fingerprint density at radius 3 is 2.32 bits per heavy atom. The average molecular weight is 339 g/mol. The predicted molar refractivity (Wildman–Crippen MR) is 99.8 cm³/mol. The van der Waals surface area contributed by atoms with Crippen molar-refractivity contribution in [3.8, 4) is 5.75 Å². The predicted octanol–water partition coefficient (Wildman–Crippen LogP) is 2.39. The standard InChI is InChI=1S/C20H25N3O2/c1-16(17-5-3-2-4-6-17)21-20(25)15-22-11-13-23(14-12-22)18-7-9-19(24)10-8-18/h2-10,16,24H,11-15H2,1H3,(H,21,25)/t16-/m1/s1. The fourth-order valence-electron chi connectivity index (χ4n) is 3.14. The quantitative estimate of drug-likeness (QED) is 0.878. The highest BCUT2D eigenvalue weighted by atomic mass is 16.3. The summed E-state index contributed by atoms with van der Waals surface area (Å²) in [5, 5.41) is 12.4. The fourth-order valence-corrected chi connectivity index (χ4v) is 3.14. The summed E-state index contributed by atoms with van der Waals surface area (Å²) >= 11 is 0. The number of hydrogen-bond donors (Lipinski definition) is 2. The molecule has 1 aliphatic rings. The molecule has 0 radical (unpaired) electrons. The lowest BCUT2D eigenvalue weighted by molar-refractivity contribution is -0.123. The van der Waals surface area contributed by atoms with Gasteiger partial charge in [0.25, 0.3) is 0 Å². The molecule has 1 saturated heterocycles. The van der Waals surface area contributed by atoms with Crippen LogP contribution in [0.5, 0.6) is 5.75 Å². The molecule has 25 heavy (non-hydrogen) atoms. The molecular weight excluding hydrogens is 314 g/mol. The van der Waals surface area contributed by atoms with Crippen LogP contribution in [-0.4, -0.2) is 48.6 Å². The zero-order valence-corrected chi connectivity index (χ0v) is 14.6. The molecule has 0 aliphatic carbocycles. The zero-order chi connectivity index (χ0) is 17.6. The van der Waals surface area contributed by atoms with Crippen LogP contribution in [0.2, 0.25) is 0 Å². The Bertz CT molecular complexity index is 680. The Morgan fingerprint density at radius 1 is 1.04 bits per heavy atom. The molecule has 0 aromatic heterocycles. The van der Waals surface area contributed by atoms with Gasteiger partial charge in [-0.2, -0.15) is 0 Å². The first-order valence-corrected chi connectivity index (χ1v) is 8.72. The molecule has 0 saturated carbocycles. The van der Waals surface area contributed by atoms with Gasteiger partial charge in [0.05, 0.1) is 12.6 Å². The van der Waals surface area contributed by atoms with E-state index in [0.717, 1.165) is 37.4 Å². The molecule has 5 heteroatoms. The number of anilines is 1. The summed E-state index contributed by atoms with van der Waals surface area (Å²) < 4.78 is 0. The summed E-state index contributed by atoms with van der Waals surface area (Å²) in [6, 6.07) is 17.3. The summed E-state index contributed by atoms with van der Waals surface area (Å²) in [5.41, 5.74) is 2.23. The van der Waals surface area contributed by atoms with Crippen LogP contribution in [0.15, 0.2) is 54.6 Å². The largest absolute Gasteiger partial charge is 0.508 e. The van der Waals surface area contributed by atoms with Crippen LogP contribution < -0.4 is 10.2 Å². The summed E-state index contributed by atoms with van der Waals surface area (Å²) in [6.07, 6.45) is 0. The molecule has 2 aromatic rings. The van der Waals surface area contributed by atoms with Crippen molar-refractivity contribution < 1.29 is 9.90 Å². The van der Waals surface area contributed by atoms with Crippen molar-refractivity contribution in [1.82, 2.24) is 10.2 Å². The van der Waals surface area contributed by atoms with E-state index in [1.165, 1.54) is 0 Å². The number of hydrogen-bond acceptors (Lipinski definition) is 4. The molecule has 0 spiro atoms. The number of carbonyl (C=O) groups is 1. The molecule has 0 bridgehead atoms. The number of benzene rings is 2. The minimum atomic E-state index is 0.0204. The first-order chi connectivity index (χ1) is 12.1. The van der Waals surface area contributed by atoms with E-state index in [4.69, 9.17) is 0 Å². The van der Waals surface area contributed by atoms with Crippen LogP contribution in [0.1, 0.15) is 18.5 Å². The smallest absolute Gasteiger partial charge is 0.234 e. The number of phenolic OH excluding ortho intramolecular Hbond substituents is 1. The Labute approximate surface area is 148 Å². The van der Waals surface area contributed by atoms with Gasteiger partial charge in [0.1, 0.15) is 5.75 Å². The molecular formula is C20H25N3O2. The SMILES string of the molecule is C[C@@H](NC(=O)CN1CCN(c2ccc(O)cc2)CC1)c1ccccc1. The van der Waals surface area contributed by atoms with Crippen molar-refractivity contribution in [2.75, 3.05) is 37.6 Å². The average Bonchev–Trinajstić information content (AvgIpc) is 2.64. The molecule has 1 amide bonds. The van der Waals surface area contributed by atoms with E-state index in [9.17, 15) is 9.90 Å². The van der Waals surface area contributed by atoms with E-state index < -0.39 is 0 Å². The fraction of sp³-hybridized carbons (Fsp3) is 0.350. The Morgan fingerprint density at radius 2 is 1.68 bits per heavy atom. The van der Waals surface area contributed by atoms with E-state index in [2.05, 4.69) is 15.1 Å². The van der Waals surface area contributed by atoms with Crippen LogP contribution in [0.4, 0.5) is 5.69 Å². The molecule has 5 nitrogen and oxygen atoms in total. The molecule has 1 aliphatic heterocycles. The lowest BCUT2D eigenvalue weighted by Gasteiger charge is -2.35. The highest BCUT2D eigenvalue weighted by molar-refractivity contribution is 5.78. The summed E-state index contributed by atoms with van der Waals surface area (Å²) in [5.74, 6) is 0.348. The van der Waals surface area contributed by atoms with Crippen LogP contribution >= 0.6 is 0 Å². The first-order valence-electron chi connectivity index (χ1n) is 8.72. The number of nitrogens with zero attached hydrogens (tertiary/aromatic N) is 2. The van der Waals surface area contributed by atoms with Gasteiger partial charge in [-0.05, 0) is 36.8 Å². The number of aromatic hydroxyl groups is 1. The third-order valence-corrected chi connectivity index (χ3v) is 4.63. The van der Waals surface area contributed by atoms with Gasteiger partial charge in [-0.25, -0.2) is 0 Å². The molecule has 2 aromatic carbocycles. The minimum Gasteiger partial charge on any atom is -0.508 e. The molecule has 0 unspecified atom stereocenters. The van der Waals surface area contributed by atoms with Gasteiger partial charge in [0.15, 0.2) is 0 Å². The normalized spacial score (nSPS) is 16.4. The summed E-state index contributed by atoms with van der Waals surface area (Å²) in [6.45, 7) is 5.91. The van der Waals surface area contributed by atoms with Crippen LogP contribution in [0, 0.1) is 0 Å². The first kappa shape index (κ1) is 17.3. The van der Waals surface area contributed by atoms with Crippen molar-refractivity contribution in [3.05, 3.63) is 60.2 Å². The number of amides is 1. The van der Waals surface area contributed by atoms with Gasteiger partial charge in [-0.3, -0.25) is 9.69 Å². The van der Waals surface area contributed by atoms with Gasteiger partial charge in [-0.1, -0.05) is 30.3 Å². The number of phenols is 1. The maximum absolute atomic E-state index is 12.3. The minimum absolute atomic E-state index is 0.0204. The molecule has 2 N–H and O–H groups in total. The van der Waals surface area contributed by atoms with E-state index in [0.29, 0.717) is 6.54 Å². The lowest BCUT2D eigenvalue weighted by atomic mass is 10.1. The highest BCUT2D eigenvalue weighted by Gasteiger charge is 2.20. The van der Waals surface area contributed by atoms with Crippen LogP contribution in [0.25, 0.3) is 0 Å². The van der Waals surface area contributed by atoms with Crippen molar-refractivity contribution in [2.45, 2.75) is 13.0 Å². The van der Waals surface area contributed by atoms with E-state index >= 15 is 0 Å². The van der Waals surface area contributed by atoms with Crippen LogP contribution in [0.3, 0.4) is 0 Å². The topological polar surface area (TPSA) is 55.8 Å². The monoisotopic (exact) mass is 339 g/mol. The van der Waals surface area contributed by atoms with Crippen molar-refractivity contribution in [3.63, 3.8) is 0 Å². The Hall–Kier alpha value is -2.53. The third-order valence-electron chi connectivity index (χ3n) is 4.63. The zero-order valence-electron chi connectivity index (χ0n) is 14.6. The van der Waals surface area contributed by atoms with Crippen molar-refractivity contribution >= 4 is 11.6 Å². The van der Waals surface area contributed by atoms with Gasteiger partial charge in [0.2, 0.25) is 5.91 Å². The Balaban J connectivity index is 1.45. The van der Waals surface area contributed by atoms with Gasteiger partial charge >= 0.3 is 0 Å². The lowest BCUT2D eigenvalue weighted by Crippen LogP contribution is -2.49. The molecule has 3 rings (SSSR count).